The number of imidazole rings is 1. The van der Waals surface area contributed by atoms with Crippen LogP contribution in [0.1, 0.15) is 95.1 Å². The Bertz CT molecular complexity index is 1130. The van der Waals surface area contributed by atoms with Crippen molar-refractivity contribution in [3.8, 4) is 0 Å². The maximum Gasteiger partial charge on any atom is 0.308 e. The first-order valence-corrected chi connectivity index (χ1v) is 12.6. The summed E-state index contributed by atoms with van der Waals surface area (Å²) in [7, 11) is 0. The summed E-state index contributed by atoms with van der Waals surface area (Å²) in [5, 5.41) is 9.76. The van der Waals surface area contributed by atoms with Gasteiger partial charge in [-0.05, 0) is 80.4 Å². The molecule has 0 aliphatic carbocycles. The minimum absolute atomic E-state index is 0.384. The van der Waals surface area contributed by atoms with Gasteiger partial charge in [0.05, 0.1) is 17.3 Å². The number of hydrogen-bond donors (Lipinski definition) is 1. The van der Waals surface area contributed by atoms with Crippen LogP contribution in [0.5, 0.6) is 0 Å². The summed E-state index contributed by atoms with van der Waals surface area (Å²) in [5.41, 5.74) is 7.35. The zero-order valence-corrected chi connectivity index (χ0v) is 22.4. The lowest BCUT2D eigenvalue weighted by atomic mass is 9.93. The second-order valence-electron chi connectivity index (χ2n) is 9.30. The molecule has 0 aliphatic heterocycles. The molecular formula is C30H41N3O2. The van der Waals surface area contributed by atoms with Crippen LogP contribution in [0.3, 0.4) is 0 Å². The topological polar surface area (TPSA) is 68.0 Å². The lowest BCUT2D eigenvalue weighted by Gasteiger charge is -2.18. The predicted octanol–water partition coefficient (Wildman–Crippen LogP) is 7.70. The Labute approximate surface area is 211 Å². The van der Waals surface area contributed by atoms with E-state index in [0.29, 0.717) is 18.9 Å². The average molecular weight is 476 g/mol. The van der Waals surface area contributed by atoms with Crippen molar-refractivity contribution in [3.05, 3.63) is 77.2 Å². The van der Waals surface area contributed by atoms with Crippen LogP contribution in [0.2, 0.25) is 0 Å². The van der Waals surface area contributed by atoms with Crippen LogP contribution in [0.4, 0.5) is 0 Å². The fourth-order valence-electron chi connectivity index (χ4n) is 4.21. The highest BCUT2D eigenvalue weighted by molar-refractivity contribution is 5.85. The first-order valence-electron chi connectivity index (χ1n) is 12.6. The van der Waals surface area contributed by atoms with E-state index in [1.165, 1.54) is 5.56 Å². The predicted molar refractivity (Wildman–Crippen MR) is 147 cm³/mol. The molecule has 0 radical (unpaired) electrons. The lowest BCUT2D eigenvalue weighted by molar-refractivity contribution is -0.142. The lowest BCUT2D eigenvalue weighted by Crippen LogP contribution is -2.21. The van der Waals surface area contributed by atoms with Gasteiger partial charge in [0.2, 0.25) is 0 Å². The number of carboxylic acid groups (broad SMARTS) is 1. The summed E-state index contributed by atoms with van der Waals surface area (Å²) in [6.07, 6.45) is 14.4. The summed E-state index contributed by atoms with van der Waals surface area (Å²) in [5.74, 6) is -0.0255. The van der Waals surface area contributed by atoms with E-state index in [9.17, 15) is 9.90 Å². The summed E-state index contributed by atoms with van der Waals surface area (Å²) in [6, 6.07) is 2.09. The van der Waals surface area contributed by atoms with Crippen molar-refractivity contribution in [2.75, 3.05) is 0 Å². The van der Waals surface area contributed by atoms with E-state index >= 15 is 0 Å². The Morgan fingerprint density at radius 1 is 1.23 bits per heavy atom. The molecule has 2 aromatic heterocycles. The molecule has 2 unspecified atom stereocenters. The van der Waals surface area contributed by atoms with E-state index in [4.69, 9.17) is 4.98 Å². The van der Waals surface area contributed by atoms with E-state index < -0.39 is 11.9 Å². The summed E-state index contributed by atoms with van der Waals surface area (Å²) in [4.78, 5) is 21.2. The second-order valence-corrected chi connectivity index (χ2v) is 9.30. The van der Waals surface area contributed by atoms with Crippen LogP contribution in [0, 0.1) is 12.8 Å². The highest BCUT2D eigenvalue weighted by Gasteiger charge is 2.23. The van der Waals surface area contributed by atoms with Crippen LogP contribution in [-0.2, 0) is 11.3 Å². The van der Waals surface area contributed by atoms with Crippen molar-refractivity contribution in [2.24, 2.45) is 5.92 Å². The number of nitrogens with zero attached hydrogens (tertiary/aromatic N) is 3. The number of aromatic nitrogens is 3. The number of rotatable bonds is 12. The average Bonchev–Trinajstić information content (AvgIpc) is 3.15. The molecule has 0 fully saturated rings. The van der Waals surface area contributed by atoms with Gasteiger partial charge in [-0.15, -0.1) is 0 Å². The van der Waals surface area contributed by atoms with Crippen molar-refractivity contribution < 1.29 is 9.90 Å². The van der Waals surface area contributed by atoms with Gasteiger partial charge >= 0.3 is 5.97 Å². The van der Waals surface area contributed by atoms with Gasteiger partial charge in [-0.2, -0.15) is 0 Å². The molecule has 5 heteroatoms. The van der Waals surface area contributed by atoms with E-state index in [1.54, 1.807) is 0 Å². The summed E-state index contributed by atoms with van der Waals surface area (Å²) >= 11 is 0. The third kappa shape index (κ3) is 7.14. The van der Waals surface area contributed by atoms with Crippen LogP contribution in [-0.4, -0.2) is 25.6 Å². The smallest absolute Gasteiger partial charge is 0.308 e. The minimum atomic E-state index is -0.781. The fourth-order valence-corrected chi connectivity index (χ4v) is 4.21. The Morgan fingerprint density at radius 2 is 1.94 bits per heavy atom. The van der Waals surface area contributed by atoms with Gasteiger partial charge in [0.1, 0.15) is 5.82 Å². The third-order valence-electron chi connectivity index (χ3n) is 6.54. The zero-order chi connectivity index (χ0) is 26.1. The molecule has 2 rings (SSSR count). The Morgan fingerprint density at radius 3 is 2.51 bits per heavy atom. The number of aryl methyl sites for hydroxylation is 1. The monoisotopic (exact) mass is 475 g/mol. The molecule has 0 aliphatic rings. The number of hydrogen-bond acceptors (Lipinski definition) is 3. The number of carbonyl (C=O) groups is 1. The molecule has 0 bridgehead atoms. The molecule has 2 heterocycles. The van der Waals surface area contributed by atoms with Gasteiger partial charge in [-0.1, -0.05) is 58.1 Å². The molecule has 0 saturated heterocycles. The van der Waals surface area contributed by atoms with Crippen molar-refractivity contribution in [1.82, 2.24) is 14.5 Å². The molecule has 188 valence electrons. The van der Waals surface area contributed by atoms with Gasteiger partial charge in [-0.3, -0.25) is 9.78 Å². The van der Waals surface area contributed by atoms with Gasteiger partial charge in [0.25, 0.3) is 0 Å². The zero-order valence-electron chi connectivity index (χ0n) is 22.4. The fraction of sp³-hybridized carbons (Fsp3) is 0.433. The maximum absolute atomic E-state index is 11.9. The van der Waals surface area contributed by atoms with Crippen molar-refractivity contribution >= 4 is 23.2 Å². The van der Waals surface area contributed by atoms with E-state index in [0.717, 1.165) is 52.3 Å². The molecule has 0 aromatic carbocycles. The molecule has 2 atom stereocenters. The highest BCUT2D eigenvalue weighted by atomic mass is 16.4. The minimum Gasteiger partial charge on any atom is -0.481 e. The molecule has 5 nitrogen and oxygen atoms in total. The number of aliphatic carboxylic acids is 1. The van der Waals surface area contributed by atoms with Crippen molar-refractivity contribution in [2.45, 2.75) is 80.2 Å². The summed E-state index contributed by atoms with van der Waals surface area (Å²) < 4.78 is 2.08. The Kier molecular flexibility index (Phi) is 10.4. The van der Waals surface area contributed by atoms with Gasteiger partial charge in [0.15, 0.2) is 0 Å². The first-order chi connectivity index (χ1) is 16.6. The molecule has 0 amide bonds. The molecular weight excluding hydrogens is 434 g/mol. The normalized spacial score (nSPS) is 14.4. The van der Waals surface area contributed by atoms with E-state index in [1.807, 2.05) is 45.3 Å². The van der Waals surface area contributed by atoms with Gasteiger partial charge in [0, 0.05) is 18.9 Å². The quantitative estimate of drug-likeness (QED) is 0.319. The third-order valence-corrected chi connectivity index (χ3v) is 6.54. The van der Waals surface area contributed by atoms with Crippen LogP contribution in [0.15, 0.2) is 48.8 Å². The molecule has 35 heavy (non-hydrogen) atoms. The van der Waals surface area contributed by atoms with E-state index in [2.05, 4.69) is 62.0 Å². The first kappa shape index (κ1) is 28.0. The highest BCUT2D eigenvalue weighted by Crippen LogP contribution is 2.32. The number of pyridine rings is 1. The molecule has 2 aromatic rings. The molecule has 0 spiro atoms. The molecule has 1 N–H and O–H groups in total. The van der Waals surface area contributed by atoms with Crippen molar-refractivity contribution in [1.29, 1.82) is 0 Å². The van der Waals surface area contributed by atoms with E-state index in [-0.39, 0.29) is 0 Å². The molecule has 0 saturated carbocycles. The number of allylic oxidation sites excluding steroid dienone is 6. The summed E-state index contributed by atoms with van der Waals surface area (Å²) in [6.45, 7) is 18.8. The van der Waals surface area contributed by atoms with Crippen LogP contribution < -0.4 is 0 Å². The Balaban J connectivity index is 2.76. The number of carboxylic acids is 1. The van der Waals surface area contributed by atoms with Crippen LogP contribution >= 0.6 is 0 Å². The Hall–Kier alpha value is -3.21. The van der Waals surface area contributed by atoms with Gasteiger partial charge in [-0.25, -0.2) is 4.98 Å². The standard InChI is InChI=1S/C30H41N3O2/c1-9-21(6)27-15-16-31-18-26(27)17-22(7)29-28(24(10-2)14-12-13-20(4)5)32-23(8)33(29)19-25(11-3)30(34)35/h12-18,21,25H,4,9-11,19H2,1-3,5-8H3,(H,34,35)/b13-12-,22-17+,24-14+. The second kappa shape index (κ2) is 13.0. The largest absolute Gasteiger partial charge is 0.481 e. The maximum atomic E-state index is 11.9. The van der Waals surface area contributed by atoms with Crippen molar-refractivity contribution in [3.63, 3.8) is 0 Å². The van der Waals surface area contributed by atoms with Crippen LogP contribution in [0.25, 0.3) is 17.2 Å². The SMILES string of the molecule is C=C(C)/C=C\C=C(/CC)c1nc(C)n(CC(CC)C(=O)O)c1/C(C)=C/c1cnccc1C(C)CC. The van der Waals surface area contributed by atoms with Gasteiger partial charge < -0.3 is 9.67 Å².